The summed E-state index contributed by atoms with van der Waals surface area (Å²) >= 11 is 0. The zero-order valence-corrected chi connectivity index (χ0v) is 9.32. The van der Waals surface area contributed by atoms with Gasteiger partial charge in [-0.2, -0.15) is 0 Å². The molecule has 0 spiro atoms. The van der Waals surface area contributed by atoms with E-state index in [4.69, 9.17) is 5.73 Å². The van der Waals surface area contributed by atoms with Gasteiger partial charge in [0.1, 0.15) is 0 Å². The quantitative estimate of drug-likeness (QED) is 0.779. The molecule has 1 rings (SSSR count). The van der Waals surface area contributed by atoms with Crippen LogP contribution in [0.4, 0.5) is 0 Å². The summed E-state index contributed by atoms with van der Waals surface area (Å²) in [5.41, 5.74) is 8.33. The molecule has 2 N–H and O–H groups in total. The van der Waals surface area contributed by atoms with E-state index in [9.17, 15) is 0 Å². The van der Waals surface area contributed by atoms with Gasteiger partial charge in [-0.15, -0.1) is 12.4 Å². The van der Waals surface area contributed by atoms with Crippen LogP contribution < -0.4 is 5.73 Å². The molecule has 0 amide bonds. The second-order valence-electron chi connectivity index (χ2n) is 3.78. The van der Waals surface area contributed by atoms with Gasteiger partial charge in [0.05, 0.1) is 0 Å². The van der Waals surface area contributed by atoms with Gasteiger partial charge in [-0.25, -0.2) is 0 Å². The minimum absolute atomic E-state index is 0. The van der Waals surface area contributed by atoms with Crippen molar-refractivity contribution in [3.05, 3.63) is 35.4 Å². The minimum Gasteiger partial charge on any atom is -0.322 e. The lowest BCUT2D eigenvalue weighted by Crippen LogP contribution is -2.28. The Balaban J connectivity index is 0.00000144. The normalized spacial score (nSPS) is 10.8. The van der Waals surface area contributed by atoms with Gasteiger partial charge in [0.25, 0.3) is 0 Å². The lowest BCUT2D eigenvalue weighted by molar-refractivity contribution is 0.554. The molecule has 1 aromatic carbocycles. The zero-order valence-electron chi connectivity index (χ0n) is 8.50. The van der Waals surface area contributed by atoms with Crippen LogP contribution in [0.15, 0.2) is 24.3 Å². The third-order valence-corrected chi connectivity index (χ3v) is 2.08. The summed E-state index contributed by atoms with van der Waals surface area (Å²) in [4.78, 5) is 0. The molecule has 1 aromatic rings. The van der Waals surface area contributed by atoms with Crippen molar-refractivity contribution in [3.8, 4) is 0 Å². The monoisotopic (exact) mass is 199 g/mol. The predicted octanol–water partition coefficient (Wildman–Crippen LogP) is 2.86. The standard InChI is InChI=1S/C11H17N.ClH/c1-4-9-6-5-7-10(8-9)11(2,3)12;/h5-8H,4,12H2,1-3H3;1H. The average Bonchev–Trinajstić information content (AvgIpc) is 2.03. The molecule has 13 heavy (non-hydrogen) atoms. The molecule has 0 saturated carbocycles. The molecule has 0 saturated heterocycles. The Hall–Kier alpha value is -0.530. The Bertz CT molecular complexity index is 263. The van der Waals surface area contributed by atoms with Gasteiger partial charge in [0.15, 0.2) is 0 Å². The Morgan fingerprint density at radius 2 is 1.92 bits per heavy atom. The number of aryl methyl sites for hydroxylation is 1. The van der Waals surface area contributed by atoms with Crippen molar-refractivity contribution in [1.29, 1.82) is 0 Å². The van der Waals surface area contributed by atoms with Crippen LogP contribution in [0.5, 0.6) is 0 Å². The summed E-state index contributed by atoms with van der Waals surface area (Å²) < 4.78 is 0. The van der Waals surface area contributed by atoms with Crippen LogP contribution in [-0.4, -0.2) is 0 Å². The molecule has 0 bridgehead atoms. The van der Waals surface area contributed by atoms with Gasteiger partial charge in [-0.05, 0) is 31.4 Å². The average molecular weight is 200 g/mol. The Morgan fingerprint density at radius 1 is 1.31 bits per heavy atom. The number of benzene rings is 1. The third kappa shape index (κ3) is 3.37. The van der Waals surface area contributed by atoms with E-state index in [0.717, 1.165) is 6.42 Å². The lowest BCUT2D eigenvalue weighted by Gasteiger charge is -2.19. The van der Waals surface area contributed by atoms with Crippen LogP contribution in [0.25, 0.3) is 0 Å². The fourth-order valence-corrected chi connectivity index (χ4v) is 1.19. The van der Waals surface area contributed by atoms with Crippen LogP contribution in [0, 0.1) is 0 Å². The van der Waals surface area contributed by atoms with E-state index in [2.05, 4.69) is 31.2 Å². The molecular formula is C11H18ClN. The molecule has 0 heterocycles. The molecule has 0 aliphatic heterocycles. The second kappa shape index (κ2) is 4.64. The number of rotatable bonds is 2. The first-order chi connectivity index (χ1) is 5.54. The van der Waals surface area contributed by atoms with Gasteiger partial charge in [-0.3, -0.25) is 0 Å². The maximum absolute atomic E-state index is 5.98. The van der Waals surface area contributed by atoms with E-state index in [1.807, 2.05) is 13.8 Å². The summed E-state index contributed by atoms with van der Waals surface area (Å²) in [6, 6.07) is 8.47. The molecule has 0 unspecified atom stereocenters. The van der Waals surface area contributed by atoms with Crippen LogP contribution >= 0.6 is 12.4 Å². The molecule has 1 nitrogen and oxygen atoms in total. The van der Waals surface area contributed by atoms with Gasteiger partial charge in [-0.1, -0.05) is 31.2 Å². The summed E-state index contributed by atoms with van der Waals surface area (Å²) in [7, 11) is 0. The SMILES string of the molecule is CCc1cccc(C(C)(C)N)c1.Cl. The zero-order chi connectivity index (χ0) is 9.19. The van der Waals surface area contributed by atoms with E-state index >= 15 is 0 Å². The molecule has 0 aliphatic rings. The summed E-state index contributed by atoms with van der Waals surface area (Å²) in [6.45, 7) is 6.21. The smallest absolute Gasteiger partial charge is 0.0352 e. The van der Waals surface area contributed by atoms with E-state index < -0.39 is 0 Å². The highest BCUT2D eigenvalue weighted by atomic mass is 35.5. The van der Waals surface area contributed by atoms with Crippen LogP contribution in [-0.2, 0) is 12.0 Å². The van der Waals surface area contributed by atoms with Crippen LogP contribution in [0.3, 0.4) is 0 Å². The van der Waals surface area contributed by atoms with Crippen LogP contribution in [0.2, 0.25) is 0 Å². The van der Waals surface area contributed by atoms with E-state index in [1.165, 1.54) is 11.1 Å². The summed E-state index contributed by atoms with van der Waals surface area (Å²) in [6.07, 6.45) is 1.07. The van der Waals surface area contributed by atoms with Gasteiger partial charge in [0.2, 0.25) is 0 Å². The van der Waals surface area contributed by atoms with Crippen molar-refractivity contribution >= 4 is 12.4 Å². The minimum atomic E-state index is -0.217. The predicted molar refractivity (Wildman–Crippen MR) is 60.3 cm³/mol. The van der Waals surface area contributed by atoms with Crippen molar-refractivity contribution in [3.63, 3.8) is 0 Å². The highest BCUT2D eigenvalue weighted by Crippen LogP contribution is 2.17. The molecule has 0 aliphatic carbocycles. The Morgan fingerprint density at radius 3 is 2.38 bits per heavy atom. The number of halogens is 1. The van der Waals surface area contributed by atoms with Crippen molar-refractivity contribution in [1.82, 2.24) is 0 Å². The van der Waals surface area contributed by atoms with Crippen molar-refractivity contribution in [2.45, 2.75) is 32.7 Å². The van der Waals surface area contributed by atoms with Crippen molar-refractivity contribution < 1.29 is 0 Å². The number of hydrogen-bond donors (Lipinski definition) is 1. The molecule has 0 atom stereocenters. The fourth-order valence-electron chi connectivity index (χ4n) is 1.19. The molecule has 0 fully saturated rings. The summed E-state index contributed by atoms with van der Waals surface area (Å²) in [5, 5.41) is 0. The van der Waals surface area contributed by atoms with Crippen molar-refractivity contribution in [2.24, 2.45) is 5.73 Å². The topological polar surface area (TPSA) is 26.0 Å². The largest absolute Gasteiger partial charge is 0.322 e. The maximum Gasteiger partial charge on any atom is 0.0352 e. The van der Waals surface area contributed by atoms with Crippen LogP contribution in [0.1, 0.15) is 31.9 Å². The summed E-state index contributed by atoms with van der Waals surface area (Å²) in [5.74, 6) is 0. The number of nitrogens with two attached hydrogens (primary N) is 1. The second-order valence-corrected chi connectivity index (χ2v) is 3.78. The van der Waals surface area contributed by atoms with Gasteiger partial charge < -0.3 is 5.73 Å². The molecule has 0 radical (unpaired) electrons. The molecule has 2 heteroatoms. The molecule has 74 valence electrons. The molecular weight excluding hydrogens is 182 g/mol. The van der Waals surface area contributed by atoms with Gasteiger partial charge in [0, 0.05) is 5.54 Å². The highest BCUT2D eigenvalue weighted by molar-refractivity contribution is 5.85. The lowest BCUT2D eigenvalue weighted by atomic mass is 9.94. The first-order valence-corrected chi connectivity index (χ1v) is 4.42. The van der Waals surface area contributed by atoms with E-state index in [1.54, 1.807) is 0 Å². The maximum atomic E-state index is 5.98. The fraction of sp³-hybridized carbons (Fsp3) is 0.455. The van der Waals surface area contributed by atoms with E-state index in [0.29, 0.717) is 0 Å². The molecule has 0 aromatic heterocycles. The Kier molecular flexibility index (Phi) is 4.45. The first-order valence-electron chi connectivity index (χ1n) is 4.42. The van der Waals surface area contributed by atoms with Crippen molar-refractivity contribution in [2.75, 3.05) is 0 Å². The van der Waals surface area contributed by atoms with E-state index in [-0.39, 0.29) is 17.9 Å². The third-order valence-electron chi connectivity index (χ3n) is 2.08. The van der Waals surface area contributed by atoms with Gasteiger partial charge >= 0.3 is 0 Å². The highest BCUT2D eigenvalue weighted by Gasteiger charge is 2.13. The number of hydrogen-bond acceptors (Lipinski definition) is 1. The Labute approximate surface area is 86.7 Å². The first kappa shape index (κ1) is 12.5.